The van der Waals surface area contributed by atoms with Crippen LogP contribution in [0.2, 0.25) is 0 Å². The van der Waals surface area contributed by atoms with E-state index in [1.807, 2.05) is 31.4 Å². The normalized spacial score (nSPS) is 13.8. The zero-order valence-corrected chi connectivity index (χ0v) is 14.7. The minimum atomic E-state index is -3.48. The SMILES string of the molecule is Cc1cc(S(=O)(=O)N(C)C(C)c2cccs2)sc1CCl. The van der Waals surface area contributed by atoms with E-state index in [0.29, 0.717) is 10.1 Å². The smallest absolute Gasteiger partial charge is 0.206 e. The highest BCUT2D eigenvalue weighted by Gasteiger charge is 2.28. The van der Waals surface area contributed by atoms with E-state index < -0.39 is 10.0 Å². The molecule has 3 nitrogen and oxygen atoms in total. The lowest BCUT2D eigenvalue weighted by atomic mass is 10.3. The Balaban J connectivity index is 2.34. The lowest BCUT2D eigenvalue weighted by Gasteiger charge is -2.22. The zero-order chi connectivity index (χ0) is 14.9. The van der Waals surface area contributed by atoms with Crippen LogP contribution in [-0.4, -0.2) is 19.8 Å². The first-order chi connectivity index (χ1) is 9.37. The highest BCUT2D eigenvalue weighted by atomic mass is 35.5. The van der Waals surface area contributed by atoms with Gasteiger partial charge >= 0.3 is 0 Å². The number of nitrogens with zero attached hydrogens (tertiary/aromatic N) is 1. The molecule has 0 aliphatic carbocycles. The predicted molar refractivity (Wildman–Crippen MR) is 86.3 cm³/mol. The van der Waals surface area contributed by atoms with Crippen molar-refractivity contribution in [1.82, 2.24) is 4.31 Å². The molecule has 0 fully saturated rings. The standard InChI is InChI=1S/C13H16ClNO2S3/c1-9-7-13(19-12(9)8-14)20(16,17)15(3)10(2)11-5-4-6-18-11/h4-7,10H,8H2,1-3H3. The van der Waals surface area contributed by atoms with Crippen molar-refractivity contribution in [3.63, 3.8) is 0 Å². The van der Waals surface area contributed by atoms with Gasteiger partial charge in [-0.3, -0.25) is 0 Å². The summed E-state index contributed by atoms with van der Waals surface area (Å²) in [5.41, 5.74) is 0.931. The molecule has 0 amide bonds. The Labute approximate surface area is 132 Å². The number of hydrogen-bond acceptors (Lipinski definition) is 4. The molecule has 2 aromatic rings. The predicted octanol–water partition coefficient (Wildman–Crippen LogP) is 4.24. The van der Waals surface area contributed by atoms with E-state index in [-0.39, 0.29) is 6.04 Å². The lowest BCUT2D eigenvalue weighted by Crippen LogP contribution is -2.28. The molecule has 110 valence electrons. The monoisotopic (exact) mass is 349 g/mol. The highest BCUT2D eigenvalue weighted by Crippen LogP contribution is 2.33. The minimum absolute atomic E-state index is 0.179. The summed E-state index contributed by atoms with van der Waals surface area (Å²) in [6.07, 6.45) is 0. The summed E-state index contributed by atoms with van der Waals surface area (Å²) in [5.74, 6) is 0.343. The fourth-order valence-corrected chi connectivity index (χ4v) is 6.04. The minimum Gasteiger partial charge on any atom is -0.206 e. The van der Waals surface area contributed by atoms with Gasteiger partial charge in [0.1, 0.15) is 4.21 Å². The maximum atomic E-state index is 12.6. The highest BCUT2D eigenvalue weighted by molar-refractivity contribution is 7.91. The third-order valence-electron chi connectivity index (χ3n) is 3.25. The van der Waals surface area contributed by atoms with Gasteiger partial charge in [0.15, 0.2) is 0 Å². The van der Waals surface area contributed by atoms with E-state index in [1.54, 1.807) is 24.5 Å². The van der Waals surface area contributed by atoms with Gasteiger partial charge in [0.2, 0.25) is 0 Å². The molecule has 2 heterocycles. The van der Waals surface area contributed by atoms with Gasteiger partial charge in [0, 0.05) is 16.8 Å². The number of thiophene rings is 2. The number of sulfonamides is 1. The molecule has 0 radical (unpaired) electrons. The van der Waals surface area contributed by atoms with Crippen LogP contribution in [0.4, 0.5) is 0 Å². The van der Waals surface area contributed by atoms with Gasteiger partial charge in [-0.1, -0.05) is 6.07 Å². The molecule has 0 aliphatic rings. The molecular weight excluding hydrogens is 334 g/mol. The molecule has 1 unspecified atom stereocenters. The number of hydrogen-bond donors (Lipinski definition) is 0. The molecule has 0 N–H and O–H groups in total. The average molecular weight is 350 g/mol. The third-order valence-corrected chi connectivity index (χ3v) is 8.34. The first kappa shape index (κ1) is 16.0. The Morgan fingerprint density at radius 3 is 2.65 bits per heavy atom. The van der Waals surface area contributed by atoms with Crippen molar-refractivity contribution >= 4 is 44.3 Å². The lowest BCUT2D eigenvalue weighted by molar-refractivity contribution is 0.404. The topological polar surface area (TPSA) is 37.4 Å². The molecule has 1 atom stereocenters. The van der Waals surface area contributed by atoms with Crippen LogP contribution in [-0.2, 0) is 15.9 Å². The molecule has 20 heavy (non-hydrogen) atoms. The van der Waals surface area contributed by atoms with Crippen molar-refractivity contribution in [3.8, 4) is 0 Å². The van der Waals surface area contributed by atoms with Crippen molar-refractivity contribution in [2.24, 2.45) is 0 Å². The Kier molecular flexibility index (Phi) is 4.92. The van der Waals surface area contributed by atoms with E-state index in [1.165, 1.54) is 15.6 Å². The largest absolute Gasteiger partial charge is 0.252 e. The van der Waals surface area contributed by atoms with E-state index >= 15 is 0 Å². The average Bonchev–Trinajstić information content (AvgIpc) is 3.05. The molecule has 0 saturated heterocycles. The van der Waals surface area contributed by atoms with Crippen LogP contribution in [0.25, 0.3) is 0 Å². The Morgan fingerprint density at radius 1 is 1.45 bits per heavy atom. The summed E-state index contributed by atoms with van der Waals surface area (Å²) in [4.78, 5) is 1.93. The maximum absolute atomic E-state index is 12.6. The fourth-order valence-electron chi connectivity index (χ4n) is 1.81. The summed E-state index contributed by atoms with van der Waals surface area (Å²) >= 11 is 8.63. The van der Waals surface area contributed by atoms with Crippen molar-refractivity contribution in [2.75, 3.05) is 7.05 Å². The Hall–Kier alpha value is -0.400. The van der Waals surface area contributed by atoms with Gasteiger partial charge in [-0.05, 0) is 36.9 Å². The molecule has 2 rings (SSSR count). The van der Waals surface area contributed by atoms with E-state index in [0.717, 1.165) is 15.3 Å². The molecule has 0 bridgehead atoms. The van der Waals surface area contributed by atoms with Crippen LogP contribution < -0.4 is 0 Å². The van der Waals surface area contributed by atoms with Gasteiger partial charge in [-0.15, -0.1) is 34.3 Å². The molecule has 0 saturated carbocycles. The second kappa shape index (κ2) is 6.15. The van der Waals surface area contributed by atoms with Gasteiger partial charge in [0.25, 0.3) is 10.0 Å². The summed E-state index contributed by atoms with van der Waals surface area (Å²) in [7, 11) is -1.86. The van der Waals surface area contributed by atoms with Gasteiger partial charge in [0.05, 0.1) is 11.9 Å². The van der Waals surface area contributed by atoms with Crippen LogP contribution >= 0.6 is 34.3 Å². The zero-order valence-electron chi connectivity index (χ0n) is 11.5. The number of halogens is 1. The molecule has 0 spiro atoms. The second-order valence-electron chi connectivity index (χ2n) is 4.52. The summed E-state index contributed by atoms with van der Waals surface area (Å²) in [6, 6.07) is 5.40. The van der Waals surface area contributed by atoms with Gasteiger partial charge in [-0.25, -0.2) is 8.42 Å². The van der Waals surface area contributed by atoms with E-state index in [4.69, 9.17) is 11.6 Å². The maximum Gasteiger partial charge on any atom is 0.252 e. The van der Waals surface area contributed by atoms with Gasteiger partial charge in [-0.2, -0.15) is 4.31 Å². The first-order valence-electron chi connectivity index (χ1n) is 6.04. The third kappa shape index (κ3) is 2.94. The number of rotatable bonds is 5. The van der Waals surface area contributed by atoms with Crippen molar-refractivity contribution < 1.29 is 8.42 Å². The van der Waals surface area contributed by atoms with Crippen molar-refractivity contribution in [2.45, 2.75) is 30.0 Å². The molecule has 0 aromatic carbocycles. The molecular formula is C13H16ClNO2S3. The number of aryl methyl sites for hydroxylation is 1. The first-order valence-corrected chi connectivity index (χ1v) is 9.71. The van der Waals surface area contributed by atoms with E-state index in [2.05, 4.69) is 0 Å². The van der Waals surface area contributed by atoms with Gasteiger partial charge < -0.3 is 0 Å². The van der Waals surface area contributed by atoms with Crippen LogP contribution in [0.5, 0.6) is 0 Å². The Bertz CT molecular complexity index is 677. The summed E-state index contributed by atoms with van der Waals surface area (Å²) < 4.78 is 27.1. The fraction of sp³-hybridized carbons (Fsp3) is 0.385. The molecule has 7 heteroatoms. The summed E-state index contributed by atoms with van der Waals surface area (Å²) in [6.45, 7) is 3.78. The second-order valence-corrected chi connectivity index (χ2v) is 9.13. The van der Waals surface area contributed by atoms with Crippen LogP contribution in [0.1, 0.15) is 28.3 Å². The Morgan fingerprint density at radius 2 is 2.15 bits per heavy atom. The van der Waals surface area contributed by atoms with E-state index in [9.17, 15) is 8.42 Å². The summed E-state index contributed by atoms with van der Waals surface area (Å²) in [5, 5.41) is 1.95. The molecule has 0 aliphatic heterocycles. The van der Waals surface area contributed by atoms with Crippen LogP contribution in [0.3, 0.4) is 0 Å². The quantitative estimate of drug-likeness (QED) is 0.757. The van der Waals surface area contributed by atoms with Crippen molar-refractivity contribution in [3.05, 3.63) is 38.9 Å². The van der Waals surface area contributed by atoms with Crippen LogP contribution in [0.15, 0.2) is 27.8 Å². The van der Waals surface area contributed by atoms with Crippen molar-refractivity contribution in [1.29, 1.82) is 0 Å². The molecule has 2 aromatic heterocycles. The number of alkyl halides is 1. The van der Waals surface area contributed by atoms with Crippen LogP contribution in [0, 0.1) is 6.92 Å².